The number of aromatic nitrogens is 1. The zero-order chi connectivity index (χ0) is 24.5. The van der Waals surface area contributed by atoms with Crippen LogP contribution in [-0.2, 0) is 36.6 Å². The molecule has 0 spiro atoms. The van der Waals surface area contributed by atoms with Crippen molar-refractivity contribution < 1.29 is 47.7 Å². The largest absolute Gasteiger partial charge is 0.772 e. The maximum absolute atomic E-state index is 12.2. The summed E-state index contributed by atoms with van der Waals surface area (Å²) in [5, 5.41) is 32.2. The van der Waals surface area contributed by atoms with Crippen LogP contribution in [0.5, 0.6) is 11.5 Å². The van der Waals surface area contributed by atoms with Gasteiger partial charge in [-0.1, -0.05) is 5.16 Å². The maximum atomic E-state index is 12.2. The third kappa shape index (κ3) is 4.54. The number of aliphatic carboxylic acids is 1. The number of benzene rings is 1. The van der Waals surface area contributed by atoms with Gasteiger partial charge in [0.1, 0.15) is 16.2 Å². The summed E-state index contributed by atoms with van der Waals surface area (Å²) in [7, 11) is 0. The van der Waals surface area contributed by atoms with Crippen molar-refractivity contribution in [2.24, 2.45) is 0 Å². The molecule has 1 aromatic carbocycles. The fraction of sp³-hybridized carbons (Fsp3) is 0.400. The Morgan fingerprint density at radius 1 is 1.36 bits per heavy atom. The van der Waals surface area contributed by atoms with Crippen molar-refractivity contribution >= 4 is 28.9 Å². The van der Waals surface area contributed by atoms with Crippen LogP contribution in [0.1, 0.15) is 42.1 Å². The molecule has 33 heavy (non-hydrogen) atoms. The zero-order valence-electron chi connectivity index (χ0n) is 17.6. The molecule has 3 rings (SSSR count). The monoisotopic (exact) mass is 481 g/mol. The summed E-state index contributed by atoms with van der Waals surface area (Å²) < 4.78 is 32.4. The number of carboxylic acid groups (broad SMARTS) is 1. The molecule has 0 radical (unpaired) electrons. The lowest BCUT2D eigenvalue weighted by atomic mass is 9.89. The average molecular weight is 481 g/mol. The molecular formula is C20H21N2O10S-. The molecule has 3 N–H and O–H groups in total. The van der Waals surface area contributed by atoms with Crippen LogP contribution in [0, 0.1) is 0 Å². The number of phenolic OH excluding ortho intramolecular Hbond substituents is 2. The lowest BCUT2D eigenvalue weighted by molar-refractivity contribution is -0.163. The van der Waals surface area contributed by atoms with Crippen molar-refractivity contribution in [2.45, 2.75) is 43.5 Å². The number of β-lactam (4-membered cyclic amide) rings is 1. The number of aromatic hydroxyl groups is 2. The van der Waals surface area contributed by atoms with Crippen LogP contribution < -0.4 is 0 Å². The number of carbonyl (C=O) groups is 3. The number of phenols is 2. The highest BCUT2D eigenvalue weighted by Gasteiger charge is 2.53. The summed E-state index contributed by atoms with van der Waals surface area (Å²) in [4.78, 5) is 37.0. The Labute approximate surface area is 190 Å². The lowest BCUT2D eigenvalue weighted by Crippen LogP contribution is -2.65. The first-order valence-electron chi connectivity index (χ1n) is 9.75. The number of hydrogen-bond donors (Lipinski definition) is 3. The van der Waals surface area contributed by atoms with Crippen molar-refractivity contribution in [3.8, 4) is 11.5 Å². The summed E-state index contributed by atoms with van der Waals surface area (Å²) in [6.45, 7) is 2.56. The van der Waals surface area contributed by atoms with Gasteiger partial charge in [0, 0.05) is 24.9 Å². The fourth-order valence-electron chi connectivity index (χ4n) is 3.57. The lowest BCUT2D eigenvalue weighted by Gasteiger charge is -2.48. The average Bonchev–Trinajstić information content (AvgIpc) is 3.22. The van der Waals surface area contributed by atoms with Crippen LogP contribution in [-0.4, -0.2) is 70.7 Å². The Bertz CT molecular complexity index is 1120. The summed E-state index contributed by atoms with van der Waals surface area (Å²) in [6, 6.07) is 2.48. The van der Waals surface area contributed by atoms with E-state index >= 15 is 0 Å². The fourth-order valence-corrected chi connectivity index (χ4v) is 4.23. The van der Waals surface area contributed by atoms with E-state index in [1.807, 2.05) is 0 Å². The van der Waals surface area contributed by atoms with Crippen LogP contribution in [0.15, 0.2) is 28.8 Å². The summed E-state index contributed by atoms with van der Waals surface area (Å²) in [5.74, 6) is -3.53. The van der Waals surface area contributed by atoms with Crippen molar-refractivity contribution in [3.63, 3.8) is 0 Å². The van der Waals surface area contributed by atoms with Gasteiger partial charge in [-0.25, -0.2) is 9.59 Å². The van der Waals surface area contributed by atoms with Gasteiger partial charge in [0.25, 0.3) is 0 Å². The molecule has 1 fully saturated rings. The van der Waals surface area contributed by atoms with E-state index in [0.29, 0.717) is 0 Å². The number of rotatable bonds is 9. The van der Waals surface area contributed by atoms with Crippen LogP contribution in [0.2, 0.25) is 0 Å². The number of likely N-dealkylation sites (tertiary alicyclic amines) is 1. The van der Waals surface area contributed by atoms with Gasteiger partial charge < -0.3 is 34.0 Å². The minimum Gasteiger partial charge on any atom is -0.772 e. The van der Waals surface area contributed by atoms with Gasteiger partial charge in [0.2, 0.25) is 5.91 Å². The van der Waals surface area contributed by atoms with E-state index < -0.39 is 57.3 Å². The van der Waals surface area contributed by atoms with Crippen molar-refractivity contribution in [2.75, 3.05) is 6.61 Å². The Balaban J connectivity index is 1.74. The maximum Gasteiger partial charge on any atom is 0.338 e. The van der Waals surface area contributed by atoms with Crippen LogP contribution in [0.25, 0.3) is 0 Å². The molecule has 2 heterocycles. The Kier molecular flexibility index (Phi) is 6.74. The highest BCUT2D eigenvalue weighted by atomic mass is 32.2. The number of carboxylic acids is 1. The molecule has 1 saturated heterocycles. The Morgan fingerprint density at radius 3 is 2.61 bits per heavy atom. The standard InChI is InChI=1S/C20H22N2O10S/c1-10-7-16(25)22(10)17(18(26)27)20(2,33(29)30)15-9-12(32-21-15)5-6-31-19(28)11-3-4-13(23)14(24)8-11/h3-4,8-10,17,23-24H,5-7H2,1-2H3,(H,26,27)(H,29,30)/p-1/t10-,17+,20+/m1/s1. The summed E-state index contributed by atoms with van der Waals surface area (Å²) >= 11 is -2.99. The number of carbonyl (C=O) groups excluding carboxylic acids is 2. The predicted octanol–water partition coefficient (Wildman–Crippen LogP) is 0.654. The molecule has 13 heteroatoms. The third-order valence-electron chi connectivity index (χ3n) is 5.47. The molecule has 1 unspecified atom stereocenters. The van der Waals surface area contributed by atoms with E-state index in [0.717, 1.165) is 24.0 Å². The first-order valence-corrected chi connectivity index (χ1v) is 10.8. The van der Waals surface area contributed by atoms with E-state index in [4.69, 9.17) is 9.26 Å². The minimum absolute atomic E-state index is 0.00415. The number of nitrogens with zero attached hydrogens (tertiary/aromatic N) is 2. The topological polar surface area (TPSA) is 191 Å². The molecule has 1 aliphatic rings. The van der Waals surface area contributed by atoms with E-state index in [-0.39, 0.29) is 36.5 Å². The van der Waals surface area contributed by atoms with Crippen LogP contribution in [0.4, 0.5) is 0 Å². The number of amides is 1. The SMILES string of the molecule is C[C@@H]1CC(=O)N1[C@@H](C(=O)O)[C@](C)(c1cc(CCOC(=O)c2ccc(O)c(O)c2)on1)S(=O)[O-]. The quantitative estimate of drug-likeness (QED) is 0.197. The Hall–Kier alpha value is -3.45. The van der Waals surface area contributed by atoms with E-state index in [1.165, 1.54) is 12.1 Å². The van der Waals surface area contributed by atoms with Crippen molar-refractivity contribution in [1.82, 2.24) is 10.1 Å². The highest BCUT2D eigenvalue weighted by Crippen LogP contribution is 2.38. The minimum atomic E-state index is -2.99. The van der Waals surface area contributed by atoms with Crippen LogP contribution in [0.3, 0.4) is 0 Å². The first kappa shape index (κ1) is 24.2. The van der Waals surface area contributed by atoms with Gasteiger partial charge >= 0.3 is 11.9 Å². The molecule has 1 amide bonds. The molecule has 178 valence electrons. The molecule has 0 saturated carbocycles. The van der Waals surface area contributed by atoms with Crippen molar-refractivity contribution in [1.29, 1.82) is 0 Å². The summed E-state index contributed by atoms with van der Waals surface area (Å²) in [5.41, 5.74) is -0.213. The first-order chi connectivity index (χ1) is 15.5. The molecule has 4 atom stereocenters. The van der Waals surface area contributed by atoms with Gasteiger partial charge in [-0.15, -0.1) is 0 Å². The number of esters is 1. The van der Waals surface area contributed by atoms with Gasteiger partial charge in [-0.2, -0.15) is 0 Å². The predicted molar refractivity (Wildman–Crippen MR) is 109 cm³/mol. The van der Waals surface area contributed by atoms with E-state index in [9.17, 15) is 38.5 Å². The molecule has 0 aliphatic carbocycles. The van der Waals surface area contributed by atoms with Gasteiger partial charge in [0.05, 0.1) is 12.2 Å². The van der Waals surface area contributed by atoms with Gasteiger partial charge in [0.15, 0.2) is 17.5 Å². The molecule has 12 nitrogen and oxygen atoms in total. The second kappa shape index (κ2) is 9.19. The van der Waals surface area contributed by atoms with Crippen molar-refractivity contribution in [3.05, 3.63) is 41.3 Å². The van der Waals surface area contributed by atoms with E-state index in [2.05, 4.69) is 5.16 Å². The number of hydrogen-bond acceptors (Lipinski definition) is 10. The molecule has 1 aliphatic heterocycles. The zero-order valence-corrected chi connectivity index (χ0v) is 18.4. The smallest absolute Gasteiger partial charge is 0.338 e. The van der Waals surface area contributed by atoms with Gasteiger partial charge in [-0.3, -0.25) is 9.00 Å². The molecule has 2 aromatic rings. The second-order valence-electron chi connectivity index (χ2n) is 7.70. The molecule has 1 aromatic heterocycles. The van der Waals surface area contributed by atoms with E-state index in [1.54, 1.807) is 6.92 Å². The number of ether oxygens (including phenoxy) is 1. The third-order valence-corrected chi connectivity index (χ3v) is 6.60. The normalized spacial score (nSPS) is 19.3. The highest BCUT2D eigenvalue weighted by molar-refractivity contribution is 7.80. The van der Waals surface area contributed by atoms with Gasteiger partial charge in [-0.05, 0) is 43.1 Å². The second-order valence-corrected chi connectivity index (χ2v) is 9.02. The summed E-state index contributed by atoms with van der Waals surface area (Å²) in [6.07, 6.45) is 0.0980. The molecular weight excluding hydrogens is 460 g/mol. The molecule has 0 bridgehead atoms. The Morgan fingerprint density at radius 2 is 2.06 bits per heavy atom. The van der Waals surface area contributed by atoms with Crippen LogP contribution >= 0.6 is 0 Å².